The fourth-order valence-electron chi connectivity index (χ4n) is 1.78. The van der Waals surface area contributed by atoms with Crippen LogP contribution in [0.3, 0.4) is 0 Å². The maximum absolute atomic E-state index is 13.0. The number of nitrogens with one attached hydrogen (secondary N) is 2. The van der Waals surface area contributed by atoms with Gasteiger partial charge in [-0.3, -0.25) is 4.72 Å². The third kappa shape index (κ3) is 4.71. The fraction of sp³-hybridized carbons (Fsp3) is 0.143. The predicted octanol–water partition coefficient (Wildman–Crippen LogP) is 3.57. The molecule has 0 fully saturated rings. The van der Waals surface area contributed by atoms with Gasteiger partial charge in [-0.2, -0.15) is 0 Å². The molecule has 2 aromatic carbocycles. The molecule has 0 spiro atoms. The van der Waals surface area contributed by atoms with Crippen molar-refractivity contribution in [2.24, 2.45) is 0 Å². The summed E-state index contributed by atoms with van der Waals surface area (Å²) in [5.41, 5.74) is 1.99. The van der Waals surface area contributed by atoms with E-state index in [9.17, 15) is 12.8 Å². The van der Waals surface area contributed by atoms with E-state index in [1.54, 1.807) is 30.3 Å². The first-order chi connectivity index (χ1) is 9.85. The molecular weight excluding hydrogens is 359 g/mol. The second kappa shape index (κ2) is 6.44. The zero-order chi connectivity index (χ0) is 15.5. The van der Waals surface area contributed by atoms with Crippen molar-refractivity contribution in [1.29, 1.82) is 0 Å². The van der Waals surface area contributed by atoms with Crippen LogP contribution in [0.5, 0.6) is 0 Å². The Kier molecular flexibility index (Phi) is 4.84. The molecule has 0 aliphatic heterocycles. The Morgan fingerprint density at radius 2 is 1.81 bits per heavy atom. The highest BCUT2D eigenvalue weighted by atomic mass is 79.9. The van der Waals surface area contributed by atoms with E-state index in [1.807, 2.05) is 0 Å². The van der Waals surface area contributed by atoms with Gasteiger partial charge in [0.2, 0.25) is 10.0 Å². The molecule has 7 heteroatoms. The fourth-order valence-corrected chi connectivity index (χ4v) is 2.85. The van der Waals surface area contributed by atoms with Gasteiger partial charge in [-0.1, -0.05) is 34.1 Å². The van der Waals surface area contributed by atoms with Crippen LogP contribution in [0.4, 0.5) is 15.8 Å². The number of anilines is 2. The lowest BCUT2D eigenvalue weighted by Gasteiger charge is -2.13. The summed E-state index contributed by atoms with van der Waals surface area (Å²) in [6.45, 7) is 0.434. The topological polar surface area (TPSA) is 58.2 Å². The number of benzene rings is 2. The van der Waals surface area contributed by atoms with Crippen molar-refractivity contribution in [2.45, 2.75) is 6.54 Å². The average Bonchev–Trinajstić information content (AvgIpc) is 2.37. The van der Waals surface area contributed by atoms with Gasteiger partial charge in [0.1, 0.15) is 5.82 Å². The lowest BCUT2D eigenvalue weighted by atomic mass is 10.2. The molecule has 112 valence electrons. The zero-order valence-electron chi connectivity index (χ0n) is 11.2. The van der Waals surface area contributed by atoms with Gasteiger partial charge in [0, 0.05) is 11.0 Å². The summed E-state index contributed by atoms with van der Waals surface area (Å²) in [6, 6.07) is 11.4. The van der Waals surface area contributed by atoms with E-state index < -0.39 is 10.0 Å². The number of hydrogen-bond acceptors (Lipinski definition) is 3. The van der Waals surface area contributed by atoms with Crippen molar-refractivity contribution in [3.05, 3.63) is 58.3 Å². The van der Waals surface area contributed by atoms with Gasteiger partial charge < -0.3 is 5.32 Å². The molecule has 0 aliphatic carbocycles. The van der Waals surface area contributed by atoms with Gasteiger partial charge in [-0.25, -0.2) is 12.8 Å². The van der Waals surface area contributed by atoms with Crippen molar-refractivity contribution in [1.82, 2.24) is 0 Å². The van der Waals surface area contributed by atoms with Gasteiger partial charge in [0.15, 0.2) is 0 Å². The second-order valence-electron chi connectivity index (χ2n) is 4.51. The Balaban J connectivity index is 2.16. The molecule has 0 radical (unpaired) electrons. The lowest BCUT2D eigenvalue weighted by molar-refractivity contribution is 0.607. The highest BCUT2D eigenvalue weighted by Gasteiger charge is 2.07. The molecule has 0 aliphatic rings. The van der Waals surface area contributed by atoms with Gasteiger partial charge in [0.05, 0.1) is 17.6 Å². The van der Waals surface area contributed by atoms with Crippen molar-refractivity contribution in [3.63, 3.8) is 0 Å². The molecule has 0 aromatic heterocycles. The lowest BCUT2D eigenvalue weighted by Crippen LogP contribution is -2.12. The first-order valence-electron chi connectivity index (χ1n) is 6.10. The minimum Gasteiger partial charge on any atom is -0.379 e. The van der Waals surface area contributed by atoms with Gasteiger partial charge in [-0.15, -0.1) is 0 Å². The number of para-hydroxylation sites is 2. The van der Waals surface area contributed by atoms with E-state index >= 15 is 0 Å². The summed E-state index contributed by atoms with van der Waals surface area (Å²) in [5.74, 6) is -0.315. The van der Waals surface area contributed by atoms with Crippen LogP contribution in [-0.4, -0.2) is 14.7 Å². The van der Waals surface area contributed by atoms with E-state index in [-0.39, 0.29) is 5.82 Å². The summed E-state index contributed by atoms with van der Waals surface area (Å²) in [4.78, 5) is 0. The second-order valence-corrected chi connectivity index (χ2v) is 7.11. The molecule has 2 aromatic rings. The molecule has 2 N–H and O–H groups in total. The van der Waals surface area contributed by atoms with Crippen LogP contribution in [0, 0.1) is 5.82 Å². The Bertz CT molecular complexity index is 750. The van der Waals surface area contributed by atoms with Gasteiger partial charge >= 0.3 is 0 Å². The normalized spacial score (nSPS) is 11.2. The third-order valence-electron chi connectivity index (χ3n) is 2.71. The molecule has 0 atom stereocenters. The van der Waals surface area contributed by atoms with Crippen LogP contribution in [0.15, 0.2) is 46.9 Å². The third-order valence-corrected chi connectivity index (χ3v) is 4.04. The average molecular weight is 373 g/mol. The molecule has 0 heterocycles. The summed E-state index contributed by atoms with van der Waals surface area (Å²) >= 11 is 3.30. The van der Waals surface area contributed by atoms with Crippen molar-refractivity contribution >= 4 is 37.3 Å². The summed E-state index contributed by atoms with van der Waals surface area (Å²) < 4.78 is 38.8. The Hall–Kier alpha value is -1.60. The SMILES string of the molecule is CS(=O)(=O)Nc1ccccc1NCc1ccc(F)cc1Br. The van der Waals surface area contributed by atoms with Gasteiger partial charge in [-0.05, 0) is 29.8 Å². The Labute approximate surface area is 131 Å². The molecule has 0 saturated carbocycles. The molecule has 0 amide bonds. The van der Waals surface area contributed by atoms with E-state index in [0.29, 0.717) is 22.4 Å². The molecule has 0 saturated heterocycles. The van der Waals surface area contributed by atoms with Gasteiger partial charge in [0.25, 0.3) is 0 Å². The number of halogens is 2. The van der Waals surface area contributed by atoms with Crippen LogP contribution in [0.2, 0.25) is 0 Å². The van der Waals surface area contributed by atoms with E-state index in [1.165, 1.54) is 12.1 Å². The largest absolute Gasteiger partial charge is 0.379 e. The van der Waals surface area contributed by atoms with Crippen LogP contribution >= 0.6 is 15.9 Å². The number of rotatable bonds is 5. The Morgan fingerprint density at radius 3 is 2.43 bits per heavy atom. The molecular formula is C14H14BrFN2O2S. The monoisotopic (exact) mass is 372 g/mol. The number of sulfonamides is 1. The minimum absolute atomic E-state index is 0.315. The predicted molar refractivity (Wildman–Crippen MR) is 86.3 cm³/mol. The van der Waals surface area contributed by atoms with E-state index in [2.05, 4.69) is 26.0 Å². The standard InChI is InChI=1S/C14H14BrFN2O2S/c1-21(19,20)18-14-5-3-2-4-13(14)17-9-10-6-7-11(16)8-12(10)15/h2-8,17-18H,9H2,1H3. The molecule has 21 heavy (non-hydrogen) atoms. The smallest absolute Gasteiger partial charge is 0.229 e. The van der Waals surface area contributed by atoms with Crippen LogP contribution < -0.4 is 10.0 Å². The van der Waals surface area contributed by atoms with E-state index in [4.69, 9.17) is 0 Å². The van der Waals surface area contributed by atoms with Crippen molar-refractivity contribution < 1.29 is 12.8 Å². The van der Waals surface area contributed by atoms with Crippen LogP contribution in [-0.2, 0) is 16.6 Å². The van der Waals surface area contributed by atoms with Crippen LogP contribution in [0.25, 0.3) is 0 Å². The Morgan fingerprint density at radius 1 is 1.14 bits per heavy atom. The quantitative estimate of drug-likeness (QED) is 0.843. The maximum atomic E-state index is 13.0. The summed E-state index contributed by atoms with van der Waals surface area (Å²) in [5, 5.41) is 3.13. The van der Waals surface area contributed by atoms with Crippen molar-refractivity contribution in [2.75, 3.05) is 16.3 Å². The van der Waals surface area contributed by atoms with Crippen LogP contribution in [0.1, 0.15) is 5.56 Å². The number of hydrogen-bond donors (Lipinski definition) is 2. The minimum atomic E-state index is -3.35. The zero-order valence-corrected chi connectivity index (χ0v) is 13.6. The van der Waals surface area contributed by atoms with Crippen molar-refractivity contribution in [3.8, 4) is 0 Å². The molecule has 0 bridgehead atoms. The molecule has 4 nitrogen and oxygen atoms in total. The molecule has 0 unspecified atom stereocenters. The first kappa shape index (κ1) is 15.8. The summed E-state index contributed by atoms with van der Waals surface area (Å²) in [7, 11) is -3.35. The highest BCUT2D eigenvalue weighted by Crippen LogP contribution is 2.24. The van der Waals surface area contributed by atoms with E-state index in [0.717, 1.165) is 11.8 Å². The first-order valence-corrected chi connectivity index (χ1v) is 8.78. The molecule has 2 rings (SSSR count). The highest BCUT2D eigenvalue weighted by molar-refractivity contribution is 9.10. The summed E-state index contributed by atoms with van der Waals surface area (Å²) in [6.07, 6.45) is 1.10. The maximum Gasteiger partial charge on any atom is 0.229 e.